The highest BCUT2D eigenvalue weighted by Crippen LogP contribution is 2.16. The molecule has 2 aromatic rings. The van der Waals surface area contributed by atoms with Gasteiger partial charge in [-0.3, -0.25) is 4.99 Å². The van der Waals surface area contributed by atoms with Gasteiger partial charge in [-0.15, -0.1) is 0 Å². The van der Waals surface area contributed by atoms with Crippen LogP contribution in [0.5, 0.6) is 0 Å². The number of carbonyl (C=O) groups excluding carboxylic acids is 1. The van der Waals surface area contributed by atoms with Crippen molar-refractivity contribution in [3.63, 3.8) is 0 Å². The lowest BCUT2D eigenvalue weighted by Gasteiger charge is -2.17. The Hall–Kier alpha value is -2.54. The zero-order valence-electron chi connectivity index (χ0n) is 23.0. The molecule has 0 aromatic heterocycles. The molecule has 0 amide bonds. The van der Waals surface area contributed by atoms with E-state index >= 15 is 0 Å². The molecule has 2 aromatic carbocycles. The topological polar surface area (TPSA) is 66.4 Å². The van der Waals surface area contributed by atoms with Crippen LogP contribution in [0.25, 0.3) is 0 Å². The Bertz CT molecular complexity index is 871. The standard InChI is InChI=1S/C31H45NO5/c1-4-7-8-9-10-11-12-26-15-19-29(20-16-26)32-23-27-13-17-28(18-14-27)31(33)37-22-21-36-30(24-34-5-2)25-35-6-3/h13-20,23,30H,4-12,21-22,24-25H2,1-3H3. The molecule has 0 aliphatic carbocycles. The van der Waals surface area contributed by atoms with Gasteiger partial charge in [0.15, 0.2) is 0 Å². The predicted molar refractivity (Wildman–Crippen MR) is 150 cm³/mol. The third-order valence-electron chi connectivity index (χ3n) is 5.95. The van der Waals surface area contributed by atoms with Crippen LogP contribution in [0.1, 0.15) is 80.8 Å². The number of aliphatic imine (C=N–C) groups is 1. The molecular weight excluding hydrogens is 466 g/mol. The van der Waals surface area contributed by atoms with Crippen LogP contribution >= 0.6 is 0 Å². The van der Waals surface area contributed by atoms with Crippen molar-refractivity contribution in [2.45, 2.75) is 71.8 Å². The first kappa shape index (κ1) is 30.7. The maximum atomic E-state index is 12.3. The van der Waals surface area contributed by atoms with E-state index in [0.29, 0.717) is 38.6 Å². The summed E-state index contributed by atoms with van der Waals surface area (Å²) in [6, 6.07) is 15.7. The predicted octanol–water partition coefficient (Wildman–Crippen LogP) is 6.96. The number of nitrogens with zero attached hydrogens (tertiary/aromatic N) is 1. The smallest absolute Gasteiger partial charge is 0.338 e. The molecule has 0 radical (unpaired) electrons. The van der Waals surface area contributed by atoms with Gasteiger partial charge in [-0.1, -0.05) is 63.3 Å². The lowest BCUT2D eigenvalue weighted by molar-refractivity contribution is -0.0659. The van der Waals surface area contributed by atoms with Crippen LogP contribution in [0, 0.1) is 0 Å². The van der Waals surface area contributed by atoms with Crippen LogP contribution < -0.4 is 0 Å². The zero-order valence-corrected chi connectivity index (χ0v) is 23.0. The second kappa shape index (κ2) is 19.6. The van der Waals surface area contributed by atoms with Crippen molar-refractivity contribution >= 4 is 17.9 Å². The van der Waals surface area contributed by atoms with Crippen molar-refractivity contribution in [1.82, 2.24) is 0 Å². The summed E-state index contributed by atoms with van der Waals surface area (Å²) in [6.45, 7) is 8.73. The van der Waals surface area contributed by atoms with Crippen LogP contribution in [0.15, 0.2) is 53.5 Å². The van der Waals surface area contributed by atoms with E-state index in [1.54, 1.807) is 12.1 Å². The first-order valence-electron chi connectivity index (χ1n) is 13.8. The monoisotopic (exact) mass is 511 g/mol. The maximum absolute atomic E-state index is 12.3. The molecule has 6 heteroatoms. The van der Waals surface area contributed by atoms with Gasteiger partial charge in [0.05, 0.1) is 31.1 Å². The fraction of sp³-hybridized carbons (Fsp3) is 0.548. The second-order valence-electron chi connectivity index (χ2n) is 9.01. The third-order valence-corrected chi connectivity index (χ3v) is 5.95. The average molecular weight is 512 g/mol. The van der Waals surface area contributed by atoms with Crippen LogP contribution in [-0.2, 0) is 25.4 Å². The number of hydrogen-bond donors (Lipinski definition) is 0. The highest BCUT2D eigenvalue weighted by Gasteiger charge is 2.11. The van der Waals surface area contributed by atoms with Gasteiger partial charge >= 0.3 is 5.97 Å². The third kappa shape index (κ3) is 13.5. The summed E-state index contributed by atoms with van der Waals surface area (Å²) in [4.78, 5) is 16.9. The minimum atomic E-state index is -0.376. The van der Waals surface area contributed by atoms with Crippen molar-refractivity contribution in [2.75, 3.05) is 39.6 Å². The molecule has 0 saturated heterocycles. The van der Waals surface area contributed by atoms with E-state index in [9.17, 15) is 4.79 Å². The molecule has 204 valence electrons. The van der Waals surface area contributed by atoms with Crippen molar-refractivity contribution in [3.8, 4) is 0 Å². The Balaban J connectivity index is 1.72. The summed E-state index contributed by atoms with van der Waals surface area (Å²) in [5.41, 5.74) is 3.70. The number of benzene rings is 2. The number of ether oxygens (including phenoxy) is 4. The van der Waals surface area contributed by atoms with Crippen LogP contribution in [-0.4, -0.2) is 57.9 Å². The largest absolute Gasteiger partial charge is 0.460 e. The molecule has 0 saturated carbocycles. The minimum Gasteiger partial charge on any atom is -0.460 e. The number of carbonyl (C=O) groups is 1. The number of rotatable bonds is 20. The van der Waals surface area contributed by atoms with Crippen LogP contribution in [0.4, 0.5) is 5.69 Å². The Morgan fingerprint density at radius 1 is 0.811 bits per heavy atom. The molecule has 0 aliphatic heterocycles. The lowest BCUT2D eigenvalue weighted by atomic mass is 10.0. The normalized spacial score (nSPS) is 11.5. The summed E-state index contributed by atoms with van der Waals surface area (Å²) < 4.78 is 21.9. The first-order chi connectivity index (χ1) is 18.2. The van der Waals surface area contributed by atoms with E-state index in [2.05, 4.69) is 36.2 Å². The number of unbranched alkanes of at least 4 members (excludes halogenated alkanes) is 5. The molecular formula is C31H45NO5. The van der Waals surface area contributed by atoms with E-state index in [-0.39, 0.29) is 18.7 Å². The Morgan fingerprint density at radius 3 is 2.11 bits per heavy atom. The maximum Gasteiger partial charge on any atom is 0.338 e. The molecule has 6 nitrogen and oxygen atoms in total. The minimum absolute atomic E-state index is 0.172. The molecule has 0 aliphatic rings. The highest BCUT2D eigenvalue weighted by atomic mass is 16.6. The van der Waals surface area contributed by atoms with E-state index in [4.69, 9.17) is 18.9 Å². The Morgan fingerprint density at radius 2 is 1.46 bits per heavy atom. The SMILES string of the molecule is CCCCCCCCc1ccc(N=Cc2ccc(C(=O)OCCOC(COCC)COCC)cc2)cc1. The number of esters is 1. The summed E-state index contributed by atoms with van der Waals surface area (Å²) in [6.07, 6.45) is 10.6. The molecule has 0 heterocycles. The quantitative estimate of drug-likeness (QED) is 0.109. The summed E-state index contributed by atoms with van der Waals surface area (Å²) >= 11 is 0. The van der Waals surface area contributed by atoms with E-state index in [1.807, 2.05) is 32.2 Å². The molecule has 0 atom stereocenters. The van der Waals surface area contributed by atoms with Crippen LogP contribution in [0.3, 0.4) is 0 Å². The van der Waals surface area contributed by atoms with E-state index in [0.717, 1.165) is 17.7 Å². The van der Waals surface area contributed by atoms with Crippen molar-refractivity contribution < 1.29 is 23.7 Å². The van der Waals surface area contributed by atoms with Gasteiger partial charge in [0.1, 0.15) is 12.7 Å². The fourth-order valence-electron chi connectivity index (χ4n) is 3.79. The molecule has 37 heavy (non-hydrogen) atoms. The van der Waals surface area contributed by atoms with E-state index in [1.165, 1.54) is 44.1 Å². The van der Waals surface area contributed by atoms with Gasteiger partial charge in [-0.25, -0.2) is 4.79 Å². The van der Waals surface area contributed by atoms with Crippen molar-refractivity contribution in [1.29, 1.82) is 0 Å². The van der Waals surface area contributed by atoms with Gasteiger partial charge in [-0.05, 0) is 62.1 Å². The Kier molecular flexibility index (Phi) is 16.2. The highest BCUT2D eigenvalue weighted by molar-refractivity contribution is 5.91. The molecule has 0 bridgehead atoms. The van der Waals surface area contributed by atoms with Crippen LogP contribution in [0.2, 0.25) is 0 Å². The molecule has 0 spiro atoms. The number of hydrogen-bond acceptors (Lipinski definition) is 6. The summed E-state index contributed by atoms with van der Waals surface area (Å²) in [7, 11) is 0. The lowest BCUT2D eigenvalue weighted by Crippen LogP contribution is -2.27. The van der Waals surface area contributed by atoms with Gasteiger partial charge in [0, 0.05) is 19.4 Å². The van der Waals surface area contributed by atoms with Gasteiger partial charge in [-0.2, -0.15) is 0 Å². The van der Waals surface area contributed by atoms with Gasteiger partial charge in [0.25, 0.3) is 0 Å². The van der Waals surface area contributed by atoms with Crippen molar-refractivity contribution in [2.24, 2.45) is 4.99 Å². The molecule has 0 N–H and O–H groups in total. The fourth-order valence-corrected chi connectivity index (χ4v) is 3.79. The molecule has 2 rings (SSSR count). The summed E-state index contributed by atoms with van der Waals surface area (Å²) in [5.74, 6) is -0.376. The first-order valence-corrected chi connectivity index (χ1v) is 13.8. The molecule has 0 fully saturated rings. The zero-order chi connectivity index (χ0) is 26.6. The molecule has 0 unspecified atom stereocenters. The Labute approximate surface area is 223 Å². The van der Waals surface area contributed by atoms with E-state index < -0.39 is 0 Å². The number of aryl methyl sites for hydroxylation is 1. The average Bonchev–Trinajstić information content (AvgIpc) is 2.93. The second-order valence-corrected chi connectivity index (χ2v) is 9.01. The van der Waals surface area contributed by atoms with Gasteiger partial charge < -0.3 is 18.9 Å². The van der Waals surface area contributed by atoms with Gasteiger partial charge in [0.2, 0.25) is 0 Å². The summed E-state index contributed by atoms with van der Waals surface area (Å²) in [5, 5.41) is 0. The van der Waals surface area contributed by atoms with Crippen molar-refractivity contribution in [3.05, 3.63) is 65.2 Å².